The van der Waals surface area contributed by atoms with E-state index in [1.165, 1.54) is 5.57 Å². The van der Waals surface area contributed by atoms with Crippen molar-refractivity contribution in [3.05, 3.63) is 35.9 Å². The maximum atomic E-state index is 11.8. The molecule has 1 aliphatic heterocycles. The molecule has 0 spiro atoms. The number of carbonyl (C=O) groups is 1. The lowest BCUT2D eigenvalue weighted by atomic mass is 10.1. The molecule has 1 aromatic rings. The minimum absolute atomic E-state index is 0.187. The Labute approximate surface area is 119 Å². The Bertz CT molecular complexity index is 486. The zero-order chi connectivity index (χ0) is 14.2. The van der Waals surface area contributed by atoms with Crippen LogP contribution in [0.2, 0.25) is 0 Å². The van der Waals surface area contributed by atoms with Crippen molar-refractivity contribution in [1.29, 1.82) is 0 Å². The lowest BCUT2D eigenvalue weighted by Gasteiger charge is -2.14. The van der Waals surface area contributed by atoms with Gasteiger partial charge in [-0.25, -0.2) is 4.79 Å². The first-order valence-electron chi connectivity index (χ1n) is 6.85. The largest absolute Gasteiger partial charge is 0.497 e. The van der Waals surface area contributed by atoms with E-state index in [1.807, 2.05) is 18.2 Å². The molecule has 0 saturated heterocycles. The lowest BCUT2D eigenvalue weighted by Crippen LogP contribution is -2.30. The predicted octanol–water partition coefficient (Wildman–Crippen LogP) is 2.13. The second kappa shape index (κ2) is 7.55. The summed E-state index contributed by atoms with van der Waals surface area (Å²) in [4.78, 5) is 11.8. The quantitative estimate of drug-likeness (QED) is 0.721. The van der Waals surface area contributed by atoms with Gasteiger partial charge in [-0.1, -0.05) is 17.7 Å². The van der Waals surface area contributed by atoms with E-state index in [9.17, 15) is 4.79 Å². The number of benzene rings is 1. The topological polar surface area (TPSA) is 62.4 Å². The number of methoxy groups -OCH3 is 1. The van der Waals surface area contributed by atoms with E-state index < -0.39 is 0 Å². The lowest BCUT2D eigenvalue weighted by molar-refractivity contribution is 0.252. The molecule has 0 aromatic heterocycles. The Hall–Kier alpha value is -2.01. The Balaban J connectivity index is 1.73. The third kappa shape index (κ3) is 4.59. The number of ether oxygens (including phenoxy) is 1. The molecule has 5 heteroatoms. The molecule has 0 atom stereocenters. The first-order chi connectivity index (χ1) is 9.78. The fourth-order valence-electron chi connectivity index (χ4n) is 2.11. The molecule has 2 rings (SSSR count). The van der Waals surface area contributed by atoms with Crippen LogP contribution in [0.4, 0.5) is 10.5 Å². The van der Waals surface area contributed by atoms with Gasteiger partial charge < -0.3 is 20.7 Å². The molecule has 2 amide bonds. The highest BCUT2D eigenvalue weighted by Gasteiger charge is 2.05. The summed E-state index contributed by atoms with van der Waals surface area (Å²) in [6.45, 7) is 2.62. The van der Waals surface area contributed by atoms with E-state index in [4.69, 9.17) is 4.74 Å². The van der Waals surface area contributed by atoms with Crippen molar-refractivity contribution in [3.63, 3.8) is 0 Å². The maximum Gasteiger partial charge on any atom is 0.319 e. The zero-order valence-electron chi connectivity index (χ0n) is 11.7. The number of carbonyl (C=O) groups excluding carboxylic acids is 1. The van der Waals surface area contributed by atoms with Crippen molar-refractivity contribution in [2.45, 2.75) is 12.8 Å². The van der Waals surface area contributed by atoms with E-state index in [0.717, 1.165) is 37.4 Å². The smallest absolute Gasteiger partial charge is 0.319 e. The summed E-state index contributed by atoms with van der Waals surface area (Å²) >= 11 is 0. The van der Waals surface area contributed by atoms with Crippen LogP contribution >= 0.6 is 0 Å². The molecule has 1 aliphatic rings. The van der Waals surface area contributed by atoms with Crippen molar-refractivity contribution < 1.29 is 9.53 Å². The summed E-state index contributed by atoms with van der Waals surface area (Å²) in [5.41, 5.74) is 2.13. The summed E-state index contributed by atoms with van der Waals surface area (Å²) in [5.74, 6) is 0.725. The van der Waals surface area contributed by atoms with Crippen LogP contribution in [-0.4, -0.2) is 32.8 Å². The van der Waals surface area contributed by atoms with E-state index in [0.29, 0.717) is 6.54 Å². The molecule has 0 bridgehead atoms. The number of anilines is 1. The number of amides is 2. The van der Waals surface area contributed by atoms with Gasteiger partial charge in [0.25, 0.3) is 0 Å². The number of hydrogen-bond donors (Lipinski definition) is 3. The van der Waals surface area contributed by atoms with Crippen LogP contribution in [0.5, 0.6) is 5.75 Å². The molecule has 0 unspecified atom stereocenters. The molecule has 0 radical (unpaired) electrons. The van der Waals surface area contributed by atoms with Crippen molar-refractivity contribution in [3.8, 4) is 5.75 Å². The molecular weight excluding hydrogens is 254 g/mol. The van der Waals surface area contributed by atoms with Gasteiger partial charge >= 0.3 is 6.03 Å². The van der Waals surface area contributed by atoms with E-state index in [1.54, 1.807) is 13.2 Å². The summed E-state index contributed by atoms with van der Waals surface area (Å²) < 4.78 is 5.11. The molecule has 1 aromatic carbocycles. The predicted molar refractivity (Wildman–Crippen MR) is 80.2 cm³/mol. The Morgan fingerprint density at radius 1 is 1.45 bits per heavy atom. The highest BCUT2D eigenvalue weighted by molar-refractivity contribution is 5.89. The minimum atomic E-state index is -0.187. The van der Waals surface area contributed by atoms with Gasteiger partial charge in [-0.15, -0.1) is 0 Å². The summed E-state index contributed by atoms with van der Waals surface area (Å²) in [6, 6.07) is 7.11. The molecule has 0 fully saturated rings. The van der Waals surface area contributed by atoms with Crippen LogP contribution in [0.15, 0.2) is 35.9 Å². The highest BCUT2D eigenvalue weighted by atomic mass is 16.5. The first-order valence-corrected chi connectivity index (χ1v) is 6.85. The molecule has 20 heavy (non-hydrogen) atoms. The van der Waals surface area contributed by atoms with Crippen LogP contribution in [0.25, 0.3) is 0 Å². The monoisotopic (exact) mass is 275 g/mol. The van der Waals surface area contributed by atoms with Crippen molar-refractivity contribution in [2.75, 3.05) is 32.1 Å². The zero-order valence-corrected chi connectivity index (χ0v) is 11.7. The average Bonchev–Trinajstić information content (AvgIpc) is 2.48. The average molecular weight is 275 g/mol. The van der Waals surface area contributed by atoms with Gasteiger partial charge in [-0.3, -0.25) is 0 Å². The Morgan fingerprint density at radius 2 is 2.35 bits per heavy atom. The van der Waals surface area contributed by atoms with Gasteiger partial charge in [0.15, 0.2) is 0 Å². The number of nitrogens with one attached hydrogen (secondary N) is 3. The van der Waals surface area contributed by atoms with Crippen LogP contribution in [0.3, 0.4) is 0 Å². The van der Waals surface area contributed by atoms with Gasteiger partial charge in [-0.05, 0) is 31.5 Å². The summed E-state index contributed by atoms with van der Waals surface area (Å²) in [5, 5.41) is 8.93. The van der Waals surface area contributed by atoms with Gasteiger partial charge in [0.1, 0.15) is 5.75 Å². The summed E-state index contributed by atoms with van der Waals surface area (Å²) in [6.07, 6.45) is 4.18. The van der Waals surface area contributed by atoms with Crippen molar-refractivity contribution in [1.82, 2.24) is 10.6 Å². The molecule has 0 aliphatic carbocycles. The normalized spacial score (nSPS) is 14.3. The fraction of sp³-hybridized carbons (Fsp3) is 0.400. The third-order valence-corrected chi connectivity index (χ3v) is 3.22. The molecule has 3 N–H and O–H groups in total. The Kier molecular flexibility index (Phi) is 5.43. The van der Waals surface area contributed by atoms with Gasteiger partial charge in [0, 0.05) is 24.8 Å². The van der Waals surface area contributed by atoms with Gasteiger partial charge in [-0.2, -0.15) is 0 Å². The maximum absolute atomic E-state index is 11.8. The number of rotatable bonds is 5. The van der Waals surface area contributed by atoms with E-state index in [-0.39, 0.29) is 6.03 Å². The Morgan fingerprint density at radius 3 is 3.10 bits per heavy atom. The SMILES string of the molecule is COc1cccc(NC(=O)NCCC2=CCNCC2)c1. The second-order valence-electron chi connectivity index (χ2n) is 4.68. The standard InChI is InChI=1S/C15H21N3O2/c1-20-14-4-2-3-13(11-14)18-15(19)17-10-7-12-5-8-16-9-6-12/h2-5,11,16H,6-10H2,1H3,(H2,17,18,19). The van der Waals surface area contributed by atoms with Crippen LogP contribution in [0.1, 0.15) is 12.8 Å². The van der Waals surface area contributed by atoms with Crippen molar-refractivity contribution in [2.24, 2.45) is 0 Å². The number of urea groups is 1. The minimum Gasteiger partial charge on any atom is -0.497 e. The van der Waals surface area contributed by atoms with Crippen LogP contribution in [-0.2, 0) is 0 Å². The third-order valence-electron chi connectivity index (χ3n) is 3.22. The molecule has 0 saturated carbocycles. The van der Waals surface area contributed by atoms with E-state index in [2.05, 4.69) is 22.0 Å². The second-order valence-corrected chi connectivity index (χ2v) is 4.68. The van der Waals surface area contributed by atoms with Crippen LogP contribution in [0, 0.1) is 0 Å². The molecule has 5 nitrogen and oxygen atoms in total. The highest BCUT2D eigenvalue weighted by Crippen LogP contribution is 2.16. The first kappa shape index (κ1) is 14.4. The van der Waals surface area contributed by atoms with Crippen molar-refractivity contribution >= 4 is 11.7 Å². The van der Waals surface area contributed by atoms with Gasteiger partial charge in [0.2, 0.25) is 0 Å². The van der Waals surface area contributed by atoms with Crippen LogP contribution < -0.4 is 20.7 Å². The van der Waals surface area contributed by atoms with E-state index >= 15 is 0 Å². The fourth-order valence-corrected chi connectivity index (χ4v) is 2.11. The molecule has 108 valence electrons. The van der Waals surface area contributed by atoms with Gasteiger partial charge in [0.05, 0.1) is 7.11 Å². The molecular formula is C15H21N3O2. The molecule has 1 heterocycles. The summed E-state index contributed by atoms with van der Waals surface area (Å²) in [7, 11) is 1.60. The number of hydrogen-bond acceptors (Lipinski definition) is 3.